The molecule has 6 atom stereocenters. The zero-order chi connectivity index (χ0) is 52.3. The van der Waals surface area contributed by atoms with Gasteiger partial charge < -0.3 is 66.6 Å². The van der Waals surface area contributed by atoms with Crippen LogP contribution in [0.1, 0.15) is 107 Å². The number of H-pyrrole nitrogens is 2. The van der Waals surface area contributed by atoms with Crippen LogP contribution in [0.15, 0.2) is 48.4 Å². The maximum absolute atomic E-state index is 13.5. The standard InChI is InChI=1S/C47H63N9O14S/c1-8-25-21(3)29-15-31-23(5)27(10-11-37(58)51-12-13-71-20-36(66-7)44(70-65)47(64)68-38(19-67-50)56-69-46(63)41(49)35(57)18-48)42(54-31)28(14-39(59)60)43-40(45(61)62)24(6)32(55-43)17-34-26(9-2)22(4)30(53-34)16-33(25)52-29/h8,15-17,19,23,27,36,44,46-47,52,55-57,63-65H,1,9-14,18,20,48-50H2,2-7H3,(H,51,58)(H,59,60)(H,61,62)/b29-15?,30-16?,31-15?,32-17?,33-16?,34-17?,38-19-,41-35-,42-28?,43-28?/t23-,27?,36?,44?,46?,47?/m0/s1. The average molecular weight is 1010 g/mol. The molecule has 0 aromatic carbocycles. The van der Waals surface area contributed by atoms with Crippen molar-refractivity contribution in [2.75, 3.05) is 31.7 Å². The third kappa shape index (κ3) is 12.9. The Bertz CT molecular complexity index is 2740. The SMILES string of the molecule is C=Cc1c(C)c2cc3nc(c(CC(=O)O)c4[nH]c(cc5nc(cc1[nH]2)C(C)=C5CC)c(C)c4C(=O)O)C(CCC(=O)NCCSCC(OC)C(OO)C(O)O/C(=C\ON)NOC(O)/C(N)=C(/O)CN)[C@@H]3C. The highest BCUT2D eigenvalue weighted by Gasteiger charge is 2.35. The number of hydrogen-bond donors (Lipinski definition) is 13. The fourth-order valence-electron chi connectivity index (χ4n) is 8.46. The van der Waals surface area contributed by atoms with E-state index in [9.17, 15) is 45.2 Å². The number of aromatic nitrogens is 4. The fraction of sp³-hybridized carbons (Fsp3) is 0.426. The van der Waals surface area contributed by atoms with Crippen LogP contribution >= 0.6 is 11.8 Å². The molecular weight excluding hydrogens is 947 g/mol. The van der Waals surface area contributed by atoms with Gasteiger partial charge in [-0.05, 0) is 74.1 Å². The van der Waals surface area contributed by atoms with E-state index in [0.29, 0.717) is 40.3 Å². The van der Waals surface area contributed by atoms with Crippen molar-refractivity contribution in [1.29, 1.82) is 0 Å². The summed E-state index contributed by atoms with van der Waals surface area (Å²) in [5.74, 6) is 0.817. The lowest BCUT2D eigenvalue weighted by Crippen LogP contribution is -2.44. The summed E-state index contributed by atoms with van der Waals surface area (Å²) in [4.78, 5) is 69.8. The van der Waals surface area contributed by atoms with Crippen molar-refractivity contribution in [2.24, 2.45) is 17.4 Å². The number of ether oxygens (including phenoxy) is 2. The molecule has 5 heterocycles. The third-order valence-corrected chi connectivity index (χ3v) is 13.4. The second kappa shape index (κ2) is 25.1. The molecule has 5 unspecified atom stereocenters. The summed E-state index contributed by atoms with van der Waals surface area (Å²) < 4.78 is 10.7. The van der Waals surface area contributed by atoms with Crippen molar-refractivity contribution in [1.82, 2.24) is 30.7 Å². The van der Waals surface area contributed by atoms with Gasteiger partial charge in [0.2, 0.25) is 18.5 Å². The zero-order valence-corrected chi connectivity index (χ0v) is 41.0. The quantitative estimate of drug-likeness (QED) is 0.0186. The second-order valence-electron chi connectivity index (χ2n) is 16.7. The molecule has 0 saturated carbocycles. The Morgan fingerprint density at radius 1 is 1.03 bits per heavy atom. The van der Waals surface area contributed by atoms with Gasteiger partial charge in [-0.2, -0.15) is 17.7 Å². The van der Waals surface area contributed by atoms with Crippen LogP contribution < -0.4 is 28.2 Å². The summed E-state index contributed by atoms with van der Waals surface area (Å²) in [6.07, 6.45) is -3.61. The highest BCUT2D eigenvalue weighted by atomic mass is 32.2. The van der Waals surface area contributed by atoms with E-state index in [1.54, 1.807) is 19.1 Å². The number of thioether (sulfide) groups is 1. The van der Waals surface area contributed by atoms with Crippen molar-refractivity contribution in [3.8, 4) is 0 Å². The van der Waals surface area contributed by atoms with Crippen LogP contribution in [0, 0.1) is 13.8 Å². The van der Waals surface area contributed by atoms with Gasteiger partial charge in [0, 0.05) is 76.8 Å². The van der Waals surface area contributed by atoms with Crippen LogP contribution in [0.5, 0.6) is 0 Å². The van der Waals surface area contributed by atoms with E-state index in [4.69, 9.17) is 41.6 Å². The number of amides is 1. The number of carbonyl (C=O) groups excluding carboxylic acids is 1. The molecule has 0 fully saturated rings. The number of carbonyl (C=O) groups is 3. The molecule has 8 bridgehead atoms. The Kier molecular flexibility index (Phi) is 19.6. The Labute approximate surface area is 412 Å². The van der Waals surface area contributed by atoms with Gasteiger partial charge in [-0.3, -0.25) is 19.8 Å². The number of rotatable bonds is 25. The van der Waals surface area contributed by atoms with Gasteiger partial charge in [0.05, 0.1) is 41.1 Å². The number of nitrogens with zero attached hydrogens (tertiary/aromatic N) is 2. The lowest BCUT2D eigenvalue weighted by molar-refractivity contribution is -0.341. The van der Waals surface area contributed by atoms with Crippen molar-refractivity contribution < 1.29 is 69.2 Å². The third-order valence-electron chi connectivity index (χ3n) is 12.4. The number of hydrogen-bond acceptors (Lipinski definition) is 19. The van der Waals surface area contributed by atoms with Gasteiger partial charge in [0.15, 0.2) is 12.4 Å². The highest BCUT2D eigenvalue weighted by Crippen LogP contribution is 2.43. The molecule has 0 aliphatic carbocycles. The number of aliphatic carboxylic acids is 1. The number of carboxylic acids is 2. The largest absolute Gasteiger partial charge is 0.509 e. The lowest BCUT2D eigenvalue weighted by Gasteiger charge is -2.28. The van der Waals surface area contributed by atoms with E-state index < -0.39 is 72.9 Å². The van der Waals surface area contributed by atoms with E-state index in [2.05, 4.69) is 37.1 Å². The molecule has 16 N–H and O–H groups in total. The minimum Gasteiger partial charge on any atom is -0.509 e. The number of methoxy groups -OCH3 is 1. The minimum absolute atomic E-state index is 0.00488. The number of fused-ring (bicyclic) bond motifs is 8. The van der Waals surface area contributed by atoms with Gasteiger partial charge in [-0.25, -0.2) is 25.0 Å². The van der Waals surface area contributed by atoms with E-state index in [1.165, 1.54) is 18.9 Å². The Morgan fingerprint density at radius 2 is 1.73 bits per heavy atom. The Morgan fingerprint density at radius 3 is 2.35 bits per heavy atom. The summed E-state index contributed by atoms with van der Waals surface area (Å²) in [5, 5.41) is 63.9. The number of aryl methyl sites for hydroxylation is 2. The van der Waals surface area contributed by atoms with Crippen molar-refractivity contribution >= 4 is 68.9 Å². The van der Waals surface area contributed by atoms with Crippen molar-refractivity contribution in [3.05, 3.63) is 99.0 Å². The van der Waals surface area contributed by atoms with E-state index in [-0.39, 0.29) is 53.6 Å². The van der Waals surface area contributed by atoms with Crippen molar-refractivity contribution in [3.63, 3.8) is 0 Å². The zero-order valence-electron chi connectivity index (χ0n) is 40.2. The van der Waals surface area contributed by atoms with Gasteiger partial charge in [0.25, 0.3) is 5.88 Å². The fourth-order valence-corrected chi connectivity index (χ4v) is 9.43. The highest BCUT2D eigenvalue weighted by molar-refractivity contribution is 7.99. The number of hydroxylamine groups is 1. The molecule has 0 radical (unpaired) electrons. The topological polar surface area (TPSA) is 378 Å². The first-order chi connectivity index (χ1) is 33.8. The first-order valence-corrected chi connectivity index (χ1v) is 23.6. The predicted octanol–water partition coefficient (Wildman–Crippen LogP) is 4.18. The van der Waals surface area contributed by atoms with Crippen LogP contribution in [0.2, 0.25) is 0 Å². The van der Waals surface area contributed by atoms with E-state index in [0.717, 1.165) is 45.3 Å². The smallest absolute Gasteiger partial charge is 0.338 e. The molecule has 3 aromatic rings. The number of aromatic amines is 2. The molecule has 5 rings (SSSR count). The van der Waals surface area contributed by atoms with Crippen LogP contribution in [-0.2, 0) is 40.0 Å². The number of carboxylic acid groups (broad SMARTS) is 2. The van der Waals surface area contributed by atoms with Gasteiger partial charge in [0.1, 0.15) is 17.6 Å². The molecule has 0 spiro atoms. The molecule has 23 nitrogen and oxygen atoms in total. The summed E-state index contributed by atoms with van der Waals surface area (Å²) in [6, 6.07) is 5.66. The maximum atomic E-state index is 13.5. The van der Waals surface area contributed by atoms with Gasteiger partial charge >= 0.3 is 11.9 Å². The number of nitrogens with two attached hydrogens (primary N) is 3. The molecule has 2 aliphatic rings. The number of aliphatic hydroxyl groups excluding tert-OH is 3. The monoisotopic (exact) mass is 1010 g/mol. The number of aromatic carboxylic acids is 1. The van der Waals surface area contributed by atoms with Crippen LogP contribution in [0.4, 0.5) is 0 Å². The first-order valence-electron chi connectivity index (χ1n) is 22.4. The summed E-state index contributed by atoms with van der Waals surface area (Å²) in [5.41, 5.74) is 21.0. The maximum Gasteiger partial charge on any atom is 0.338 e. The molecule has 2 aliphatic heterocycles. The number of allylic oxidation sites excluding steroid dienone is 2. The number of aliphatic hydroxyl groups is 3. The van der Waals surface area contributed by atoms with Gasteiger partial charge in [-0.15, -0.1) is 0 Å². The van der Waals surface area contributed by atoms with Crippen LogP contribution in [0.3, 0.4) is 0 Å². The lowest BCUT2D eigenvalue weighted by atomic mass is 9.85. The average Bonchev–Trinajstić information content (AvgIpc) is 4.03. The van der Waals surface area contributed by atoms with E-state index >= 15 is 0 Å². The normalized spacial score (nSPS) is 17.0. The minimum atomic E-state index is -1.96. The molecular formula is C47H63N9O14S. The summed E-state index contributed by atoms with van der Waals surface area (Å²) in [7, 11) is 1.30. The van der Waals surface area contributed by atoms with Crippen LogP contribution in [-0.4, -0.2) is 125 Å². The molecule has 3 aromatic heterocycles. The Hall–Kier alpha value is -6.48. The first kappa shape index (κ1) is 55.4. The molecule has 71 heavy (non-hydrogen) atoms. The van der Waals surface area contributed by atoms with Crippen LogP contribution in [0.25, 0.3) is 39.3 Å². The second-order valence-corrected chi connectivity index (χ2v) is 17.8. The molecule has 1 amide bonds. The van der Waals surface area contributed by atoms with E-state index in [1.807, 2.05) is 39.8 Å². The van der Waals surface area contributed by atoms with Crippen molar-refractivity contribution in [2.45, 2.75) is 96.9 Å². The number of nitrogens with one attached hydrogen (secondary N) is 4. The predicted molar refractivity (Wildman–Crippen MR) is 264 cm³/mol. The molecule has 0 saturated heterocycles. The van der Waals surface area contributed by atoms with Gasteiger partial charge in [-0.1, -0.05) is 26.5 Å². The Balaban J connectivity index is 1.38. The molecule has 386 valence electrons. The molecule has 24 heteroatoms. The summed E-state index contributed by atoms with van der Waals surface area (Å²) in [6.45, 7) is 13.4. The summed E-state index contributed by atoms with van der Waals surface area (Å²) >= 11 is 1.27.